The normalized spacial score (nSPS) is 15.6. The number of aromatic nitrogens is 1. The highest BCUT2D eigenvalue weighted by molar-refractivity contribution is 7.13. The molecule has 3 rings (SSSR count). The van der Waals surface area contributed by atoms with E-state index >= 15 is 0 Å². The minimum atomic E-state index is -0.633. The summed E-state index contributed by atoms with van der Waals surface area (Å²) in [5.41, 5.74) is 1.33. The quantitative estimate of drug-likeness (QED) is 0.684. The van der Waals surface area contributed by atoms with Crippen molar-refractivity contribution in [3.05, 3.63) is 45.9 Å². The molecule has 1 aliphatic heterocycles. The molecule has 0 saturated carbocycles. The topological polar surface area (TPSA) is 91.4 Å². The highest BCUT2D eigenvalue weighted by Gasteiger charge is 2.33. The van der Waals surface area contributed by atoms with Crippen molar-refractivity contribution in [3.8, 4) is 0 Å². The highest BCUT2D eigenvalue weighted by Crippen LogP contribution is 2.22. The highest BCUT2D eigenvalue weighted by atomic mass is 35.5. The van der Waals surface area contributed by atoms with E-state index in [4.69, 9.17) is 11.6 Å². The van der Waals surface area contributed by atoms with Gasteiger partial charge in [0.25, 0.3) is 5.91 Å². The third-order valence-electron chi connectivity index (χ3n) is 5.35. The van der Waals surface area contributed by atoms with Gasteiger partial charge in [0.1, 0.15) is 6.04 Å². The van der Waals surface area contributed by atoms with Crippen molar-refractivity contribution in [2.75, 3.05) is 18.4 Å². The number of hydrogen-bond acceptors (Lipinski definition) is 5. The van der Waals surface area contributed by atoms with E-state index in [9.17, 15) is 14.4 Å². The molecule has 2 N–H and O–H groups in total. The van der Waals surface area contributed by atoms with E-state index in [1.165, 1.54) is 11.3 Å². The fraction of sp³-hybridized carbons (Fsp3) is 0.455. The molecule has 1 fully saturated rings. The maximum absolute atomic E-state index is 13.1. The maximum Gasteiger partial charge on any atom is 0.251 e. The van der Waals surface area contributed by atoms with E-state index in [-0.39, 0.29) is 29.6 Å². The molecule has 0 bridgehead atoms. The second-order valence-electron chi connectivity index (χ2n) is 8.08. The van der Waals surface area contributed by atoms with Crippen molar-refractivity contribution >= 4 is 45.8 Å². The number of hydrogen-bond donors (Lipinski definition) is 2. The predicted octanol–water partition coefficient (Wildman–Crippen LogP) is 3.74. The van der Waals surface area contributed by atoms with Crippen LogP contribution in [-0.4, -0.2) is 46.7 Å². The molecule has 0 spiro atoms. The van der Waals surface area contributed by atoms with Crippen LogP contribution >= 0.6 is 22.9 Å². The Kier molecular flexibility index (Phi) is 7.67. The zero-order valence-corrected chi connectivity index (χ0v) is 19.4. The number of likely N-dealkylation sites (tertiary alicyclic amines) is 1. The lowest BCUT2D eigenvalue weighted by Gasteiger charge is -2.35. The number of benzene rings is 1. The summed E-state index contributed by atoms with van der Waals surface area (Å²) in [6.07, 6.45) is 1.16. The molecular formula is C22H27ClN4O3S. The van der Waals surface area contributed by atoms with Crippen LogP contribution in [0.3, 0.4) is 0 Å². The molecule has 166 valence electrons. The van der Waals surface area contributed by atoms with Gasteiger partial charge in [0, 0.05) is 35.0 Å². The first kappa shape index (κ1) is 23.2. The minimum absolute atomic E-state index is 0.0575. The monoisotopic (exact) mass is 462 g/mol. The average Bonchev–Trinajstić information content (AvgIpc) is 3.16. The van der Waals surface area contributed by atoms with Gasteiger partial charge in [0.05, 0.1) is 5.69 Å². The van der Waals surface area contributed by atoms with Crippen LogP contribution in [0.1, 0.15) is 42.7 Å². The minimum Gasteiger partial charge on any atom is -0.341 e. The summed E-state index contributed by atoms with van der Waals surface area (Å²) in [7, 11) is 0. The molecule has 1 atom stereocenters. The molecule has 2 heterocycles. The van der Waals surface area contributed by atoms with Gasteiger partial charge in [0.2, 0.25) is 11.8 Å². The number of halogens is 1. The van der Waals surface area contributed by atoms with Gasteiger partial charge in [-0.1, -0.05) is 25.4 Å². The SMILES string of the molecule is Cc1csc(NC(=O)C2CCN(C(=O)C(NC(=O)c3ccc(Cl)cc3)C(C)C)CC2)n1. The van der Waals surface area contributed by atoms with E-state index in [1.54, 1.807) is 29.2 Å². The van der Waals surface area contributed by atoms with Crippen LogP contribution in [0.25, 0.3) is 0 Å². The summed E-state index contributed by atoms with van der Waals surface area (Å²) in [6, 6.07) is 5.92. The number of aryl methyl sites for hydroxylation is 1. The Labute approximate surface area is 191 Å². The second kappa shape index (κ2) is 10.2. The van der Waals surface area contributed by atoms with Crippen LogP contribution in [0.5, 0.6) is 0 Å². The fourth-order valence-corrected chi connectivity index (χ4v) is 4.33. The second-order valence-corrected chi connectivity index (χ2v) is 9.38. The van der Waals surface area contributed by atoms with Gasteiger partial charge in [-0.15, -0.1) is 11.3 Å². The summed E-state index contributed by atoms with van der Waals surface area (Å²) < 4.78 is 0. The third-order valence-corrected chi connectivity index (χ3v) is 6.48. The van der Waals surface area contributed by atoms with Gasteiger partial charge >= 0.3 is 0 Å². The number of nitrogens with one attached hydrogen (secondary N) is 2. The van der Waals surface area contributed by atoms with Gasteiger partial charge < -0.3 is 15.5 Å². The predicted molar refractivity (Wildman–Crippen MR) is 122 cm³/mol. The van der Waals surface area contributed by atoms with E-state index in [2.05, 4.69) is 15.6 Å². The smallest absolute Gasteiger partial charge is 0.251 e. The van der Waals surface area contributed by atoms with E-state index in [0.29, 0.717) is 41.6 Å². The first-order valence-corrected chi connectivity index (χ1v) is 11.6. The first-order valence-electron chi connectivity index (χ1n) is 10.3. The van der Waals surface area contributed by atoms with Crippen LogP contribution < -0.4 is 10.6 Å². The van der Waals surface area contributed by atoms with Crippen molar-refractivity contribution in [3.63, 3.8) is 0 Å². The molecule has 0 aliphatic carbocycles. The Bertz CT molecular complexity index is 936. The van der Waals surface area contributed by atoms with Crippen molar-refractivity contribution in [2.24, 2.45) is 11.8 Å². The lowest BCUT2D eigenvalue weighted by molar-refractivity contribution is -0.137. The maximum atomic E-state index is 13.1. The Hall–Kier alpha value is -2.45. The summed E-state index contributed by atoms with van der Waals surface area (Å²) in [6.45, 7) is 6.65. The van der Waals surface area contributed by atoms with Crippen LogP contribution in [0.2, 0.25) is 5.02 Å². The number of rotatable bonds is 6. The van der Waals surface area contributed by atoms with Crippen LogP contribution in [0.4, 0.5) is 5.13 Å². The number of nitrogens with zero attached hydrogens (tertiary/aromatic N) is 2. The number of amides is 3. The lowest BCUT2D eigenvalue weighted by atomic mass is 9.94. The summed E-state index contributed by atoms with van der Waals surface area (Å²) in [4.78, 5) is 44.2. The Morgan fingerprint density at radius 1 is 1.16 bits per heavy atom. The molecule has 1 aromatic carbocycles. The van der Waals surface area contributed by atoms with Gasteiger partial charge in [-0.05, 0) is 49.9 Å². The third kappa shape index (κ3) is 6.04. The van der Waals surface area contributed by atoms with E-state index in [0.717, 1.165) is 5.69 Å². The van der Waals surface area contributed by atoms with E-state index in [1.807, 2.05) is 26.2 Å². The standard InChI is InChI=1S/C22H27ClN4O3S/c1-13(2)18(25-19(28)15-4-6-17(23)7-5-15)21(30)27-10-8-16(9-11-27)20(29)26-22-24-14(3)12-31-22/h4-7,12-13,16,18H,8-11H2,1-3H3,(H,25,28)(H,24,26,29). The number of carbonyl (C=O) groups is 3. The number of thiazole rings is 1. The Morgan fingerprint density at radius 3 is 2.35 bits per heavy atom. The molecule has 1 saturated heterocycles. The van der Waals surface area contributed by atoms with Gasteiger partial charge in [-0.2, -0.15) is 0 Å². The number of anilines is 1. The van der Waals surface area contributed by atoms with Crippen molar-refractivity contribution in [2.45, 2.75) is 39.7 Å². The molecule has 0 radical (unpaired) electrons. The van der Waals surface area contributed by atoms with Crippen molar-refractivity contribution < 1.29 is 14.4 Å². The molecular weight excluding hydrogens is 436 g/mol. The van der Waals surface area contributed by atoms with Crippen LogP contribution in [-0.2, 0) is 9.59 Å². The zero-order chi connectivity index (χ0) is 22.5. The molecule has 1 unspecified atom stereocenters. The van der Waals surface area contributed by atoms with Crippen LogP contribution in [0, 0.1) is 18.8 Å². The van der Waals surface area contributed by atoms with Crippen LogP contribution in [0.15, 0.2) is 29.6 Å². The van der Waals surface area contributed by atoms with Crippen molar-refractivity contribution in [1.29, 1.82) is 0 Å². The summed E-state index contributed by atoms with van der Waals surface area (Å²) in [5.74, 6) is -0.714. The molecule has 1 aromatic heterocycles. The summed E-state index contributed by atoms with van der Waals surface area (Å²) >= 11 is 7.28. The molecule has 31 heavy (non-hydrogen) atoms. The number of piperidine rings is 1. The van der Waals surface area contributed by atoms with E-state index < -0.39 is 6.04 Å². The molecule has 1 aliphatic rings. The first-order chi connectivity index (χ1) is 14.7. The van der Waals surface area contributed by atoms with Gasteiger partial charge in [-0.25, -0.2) is 4.98 Å². The average molecular weight is 463 g/mol. The zero-order valence-electron chi connectivity index (χ0n) is 17.9. The molecule has 9 heteroatoms. The molecule has 2 aromatic rings. The summed E-state index contributed by atoms with van der Waals surface area (Å²) in [5, 5.41) is 8.76. The lowest BCUT2D eigenvalue weighted by Crippen LogP contribution is -2.53. The Balaban J connectivity index is 1.56. The largest absolute Gasteiger partial charge is 0.341 e. The number of carbonyl (C=O) groups excluding carboxylic acids is 3. The van der Waals surface area contributed by atoms with Gasteiger partial charge in [0.15, 0.2) is 5.13 Å². The van der Waals surface area contributed by atoms with Crippen molar-refractivity contribution in [1.82, 2.24) is 15.2 Å². The molecule has 7 nitrogen and oxygen atoms in total. The molecule has 3 amide bonds. The van der Waals surface area contributed by atoms with Gasteiger partial charge in [-0.3, -0.25) is 14.4 Å². The Morgan fingerprint density at radius 2 is 1.81 bits per heavy atom. The fourth-order valence-electron chi connectivity index (χ4n) is 3.52.